The van der Waals surface area contributed by atoms with Gasteiger partial charge in [-0.2, -0.15) is 0 Å². The molecule has 12 heteroatoms. The van der Waals surface area contributed by atoms with Gasteiger partial charge in [-0.25, -0.2) is 0 Å². The number of carbonyl (C=O) groups excluding carboxylic acids is 3. The second kappa shape index (κ2) is 9.22. The standard InChI is InChI=1S/C23H20N6O5S/c30-20(14-7-8-17(18(13-14)29(33)34)27-10-3-4-11-27)24-23-26-25-19(35-23)9-12-28-21(31)15-5-1-2-6-16(15)22(28)32/h1-2,5-8,13H,3-4,9-12H2,(H,24,26,30). The minimum Gasteiger partial charge on any atom is -0.366 e. The Morgan fingerprint density at radius 2 is 1.74 bits per heavy atom. The molecule has 0 atom stereocenters. The van der Waals surface area contributed by atoms with Gasteiger partial charge in [-0.05, 0) is 37.1 Å². The van der Waals surface area contributed by atoms with Crippen molar-refractivity contribution in [2.75, 3.05) is 29.9 Å². The zero-order valence-corrected chi connectivity index (χ0v) is 19.3. The molecule has 0 unspecified atom stereocenters. The highest BCUT2D eigenvalue weighted by Crippen LogP contribution is 2.32. The maximum atomic E-state index is 12.7. The molecule has 0 bridgehead atoms. The molecule has 0 saturated carbocycles. The van der Waals surface area contributed by atoms with E-state index in [2.05, 4.69) is 15.5 Å². The summed E-state index contributed by atoms with van der Waals surface area (Å²) in [6.45, 7) is 1.64. The summed E-state index contributed by atoms with van der Waals surface area (Å²) < 4.78 is 0. The molecule has 2 aliphatic heterocycles. The van der Waals surface area contributed by atoms with Crippen molar-refractivity contribution in [1.29, 1.82) is 0 Å². The number of nitrogens with one attached hydrogen (secondary N) is 1. The third-order valence-corrected chi connectivity index (χ3v) is 6.89. The van der Waals surface area contributed by atoms with Crippen molar-refractivity contribution < 1.29 is 19.3 Å². The van der Waals surface area contributed by atoms with E-state index in [0.717, 1.165) is 37.3 Å². The quantitative estimate of drug-likeness (QED) is 0.302. The molecule has 1 N–H and O–H groups in total. The van der Waals surface area contributed by atoms with Crippen molar-refractivity contribution in [2.24, 2.45) is 0 Å². The van der Waals surface area contributed by atoms with Gasteiger partial charge in [0.05, 0.1) is 16.1 Å². The first-order valence-corrected chi connectivity index (χ1v) is 11.9. The van der Waals surface area contributed by atoms with Crippen LogP contribution in [-0.2, 0) is 6.42 Å². The number of aromatic nitrogens is 2. The number of carbonyl (C=O) groups is 3. The normalized spacial score (nSPS) is 15.0. The number of fused-ring (bicyclic) bond motifs is 1. The zero-order valence-electron chi connectivity index (χ0n) is 18.5. The summed E-state index contributed by atoms with van der Waals surface area (Å²) in [6, 6.07) is 11.1. The van der Waals surface area contributed by atoms with Crippen molar-refractivity contribution in [3.63, 3.8) is 0 Å². The van der Waals surface area contributed by atoms with Crippen molar-refractivity contribution in [3.8, 4) is 0 Å². The number of hydrogen-bond donors (Lipinski definition) is 1. The maximum absolute atomic E-state index is 12.7. The van der Waals surface area contributed by atoms with Crippen LogP contribution in [0.1, 0.15) is 48.9 Å². The molecule has 1 aromatic heterocycles. The fourth-order valence-electron chi connectivity index (χ4n) is 4.26. The Morgan fingerprint density at radius 1 is 1.06 bits per heavy atom. The van der Waals surface area contributed by atoms with Gasteiger partial charge in [0.25, 0.3) is 23.4 Å². The van der Waals surface area contributed by atoms with Gasteiger partial charge >= 0.3 is 0 Å². The summed E-state index contributed by atoms with van der Waals surface area (Å²) in [4.78, 5) is 51.9. The molecule has 3 aromatic rings. The van der Waals surface area contributed by atoms with Crippen LogP contribution in [0.3, 0.4) is 0 Å². The second-order valence-corrected chi connectivity index (χ2v) is 9.23. The van der Waals surface area contributed by atoms with Gasteiger partial charge in [-0.1, -0.05) is 23.5 Å². The Labute approximate surface area is 203 Å². The molecule has 3 heterocycles. The van der Waals surface area contributed by atoms with E-state index in [0.29, 0.717) is 21.8 Å². The molecule has 5 rings (SSSR count). The van der Waals surface area contributed by atoms with Crippen molar-refractivity contribution in [2.45, 2.75) is 19.3 Å². The molecular weight excluding hydrogens is 472 g/mol. The van der Waals surface area contributed by atoms with Gasteiger partial charge in [0, 0.05) is 37.7 Å². The SMILES string of the molecule is O=C(Nc1nnc(CCN2C(=O)c3ccccc3C2=O)s1)c1ccc(N2CCCC2)c([N+](=O)[O-])c1. The van der Waals surface area contributed by atoms with Crippen molar-refractivity contribution >= 4 is 45.6 Å². The molecule has 0 aliphatic carbocycles. The highest BCUT2D eigenvalue weighted by Gasteiger charge is 2.34. The molecule has 3 amide bonds. The zero-order chi connectivity index (χ0) is 24.5. The van der Waals surface area contributed by atoms with Crippen LogP contribution in [0.2, 0.25) is 0 Å². The Hall–Kier alpha value is -4.19. The van der Waals surface area contributed by atoms with Gasteiger partial charge in [-0.3, -0.25) is 34.7 Å². The number of nitrogens with zero attached hydrogens (tertiary/aromatic N) is 5. The third kappa shape index (κ3) is 4.35. The summed E-state index contributed by atoms with van der Waals surface area (Å²) in [5.41, 5.74) is 1.30. The smallest absolute Gasteiger partial charge is 0.293 e. The number of benzene rings is 2. The molecule has 0 spiro atoms. The van der Waals surface area contributed by atoms with Gasteiger partial charge < -0.3 is 4.90 Å². The predicted octanol–water partition coefficient (Wildman–Crippen LogP) is 3.14. The van der Waals surface area contributed by atoms with E-state index in [1.165, 1.54) is 11.0 Å². The molecule has 2 aliphatic rings. The van der Waals surface area contributed by atoms with E-state index in [4.69, 9.17) is 0 Å². The van der Waals surface area contributed by atoms with Crippen LogP contribution in [0.5, 0.6) is 0 Å². The van der Waals surface area contributed by atoms with Gasteiger partial charge in [0.15, 0.2) is 0 Å². The highest BCUT2D eigenvalue weighted by atomic mass is 32.1. The average Bonchev–Trinajstić information content (AvgIpc) is 3.60. The first-order valence-electron chi connectivity index (χ1n) is 11.0. The molecule has 11 nitrogen and oxygen atoms in total. The van der Waals surface area contributed by atoms with E-state index >= 15 is 0 Å². The number of hydrogen-bond acceptors (Lipinski definition) is 9. The summed E-state index contributed by atoms with van der Waals surface area (Å²) in [7, 11) is 0. The first-order chi connectivity index (χ1) is 16.9. The number of nitro benzene ring substituents is 1. The maximum Gasteiger partial charge on any atom is 0.293 e. The molecule has 0 radical (unpaired) electrons. The monoisotopic (exact) mass is 492 g/mol. The lowest BCUT2D eigenvalue weighted by molar-refractivity contribution is -0.384. The number of anilines is 2. The largest absolute Gasteiger partial charge is 0.366 e. The molecule has 178 valence electrons. The number of imide groups is 1. The molecular formula is C23H20N6O5S. The van der Waals surface area contributed by atoms with E-state index in [1.54, 1.807) is 36.4 Å². The van der Waals surface area contributed by atoms with Gasteiger partial charge in [0.1, 0.15) is 10.7 Å². The van der Waals surface area contributed by atoms with Crippen LogP contribution in [0, 0.1) is 10.1 Å². The van der Waals surface area contributed by atoms with Crippen molar-refractivity contribution in [3.05, 3.63) is 74.3 Å². The minimum absolute atomic E-state index is 0.113. The summed E-state index contributed by atoms with van der Waals surface area (Å²) >= 11 is 1.11. The number of nitro groups is 1. The lowest BCUT2D eigenvalue weighted by atomic mass is 10.1. The van der Waals surface area contributed by atoms with E-state index < -0.39 is 10.8 Å². The van der Waals surface area contributed by atoms with E-state index in [-0.39, 0.29) is 41.2 Å². The number of amides is 3. The van der Waals surface area contributed by atoms with Crippen LogP contribution >= 0.6 is 11.3 Å². The fraction of sp³-hybridized carbons (Fsp3) is 0.261. The van der Waals surface area contributed by atoms with Crippen LogP contribution in [0.25, 0.3) is 0 Å². The van der Waals surface area contributed by atoms with Crippen LogP contribution in [0.15, 0.2) is 42.5 Å². The predicted molar refractivity (Wildman–Crippen MR) is 128 cm³/mol. The average molecular weight is 493 g/mol. The van der Waals surface area contributed by atoms with Crippen LogP contribution < -0.4 is 10.2 Å². The van der Waals surface area contributed by atoms with E-state index in [1.807, 2.05) is 4.90 Å². The molecule has 2 aromatic carbocycles. The minimum atomic E-state index is -0.538. The van der Waals surface area contributed by atoms with Crippen LogP contribution in [-0.4, -0.2) is 57.4 Å². The third-order valence-electron chi connectivity index (χ3n) is 6.00. The molecule has 1 saturated heterocycles. The lowest BCUT2D eigenvalue weighted by Gasteiger charge is -2.17. The highest BCUT2D eigenvalue weighted by molar-refractivity contribution is 7.15. The first kappa shape index (κ1) is 22.6. The fourth-order valence-corrected chi connectivity index (χ4v) is 4.98. The molecule has 35 heavy (non-hydrogen) atoms. The lowest BCUT2D eigenvalue weighted by Crippen LogP contribution is -2.31. The number of rotatable bonds is 7. The Kier molecular flexibility index (Phi) is 5.95. The Balaban J connectivity index is 1.23. The van der Waals surface area contributed by atoms with Gasteiger partial charge in [0.2, 0.25) is 5.13 Å². The summed E-state index contributed by atoms with van der Waals surface area (Å²) in [5, 5.41) is 22.9. The second-order valence-electron chi connectivity index (χ2n) is 8.17. The Bertz CT molecular complexity index is 1310. The van der Waals surface area contributed by atoms with Crippen LogP contribution in [0.4, 0.5) is 16.5 Å². The van der Waals surface area contributed by atoms with Gasteiger partial charge in [-0.15, -0.1) is 10.2 Å². The summed E-state index contributed by atoms with van der Waals surface area (Å²) in [5.74, 6) is -1.23. The Morgan fingerprint density at radius 3 is 2.40 bits per heavy atom. The topological polar surface area (TPSA) is 139 Å². The van der Waals surface area contributed by atoms with Crippen molar-refractivity contribution in [1.82, 2.24) is 15.1 Å². The van der Waals surface area contributed by atoms with E-state index in [9.17, 15) is 24.5 Å². The molecule has 1 fully saturated rings. The summed E-state index contributed by atoms with van der Waals surface area (Å²) in [6.07, 6.45) is 2.24.